The van der Waals surface area contributed by atoms with Crippen molar-refractivity contribution >= 4 is 0 Å². The fourth-order valence-corrected chi connectivity index (χ4v) is 2.11. The highest BCUT2D eigenvalue weighted by Gasteiger charge is 2.15. The number of rotatable bonds is 11. The number of methoxy groups -OCH3 is 1. The lowest BCUT2D eigenvalue weighted by atomic mass is 10.0. The molecule has 3 heteroatoms. The SMILES string of the molecule is CCC(CC)CN(CC)C(C)CNCCOC. The van der Waals surface area contributed by atoms with Crippen LogP contribution in [0.5, 0.6) is 0 Å². The number of hydrogen-bond acceptors (Lipinski definition) is 3. The van der Waals surface area contributed by atoms with E-state index >= 15 is 0 Å². The van der Waals surface area contributed by atoms with Crippen molar-refractivity contribution in [3.05, 3.63) is 0 Å². The van der Waals surface area contributed by atoms with Gasteiger partial charge in [-0.25, -0.2) is 0 Å². The monoisotopic (exact) mass is 244 g/mol. The quantitative estimate of drug-likeness (QED) is 0.565. The van der Waals surface area contributed by atoms with Gasteiger partial charge in [0.05, 0.1) is 6.61 Å². The molecule has 0 heterocycles. The zero-order valence-corrected chi connectivity index (χ0v) is 12.5. The van der Waals surface area contributed by atoms with Crippen molar-refractivity contribution in [3.8, 4) is 0 Å². The van der Waals surface area contributed by atoms with Crippen LogP contribution in [0.3, 0.4) is 0 Å². The first kappa shape index (κ1) is 16.9. The molecule has 1 N–H and O–H groups in total. The Kier molecular flexibility index (Phi) is 10.9. The predicted octanol–water partition coefficient (Wildman–Crippen LogP) is 2.37. The Morgan fingerprint density at radius 1 is 1.18 bits per heavy atom. The van der Waals surface area contributed by atoms with Gasteiger partial charge in [-0.3, -0.25) is 4.90 Å². The van der Waals surface area contributed by atoms with Crippen molar-refractivity contribution in [3.63, 3.8) is 0 Å². The Bertz CT molecular complexity index is 160. The second kappa shape index (κ2) is 11.0. The highest BCUT2D eigenvalue weighted by Crippen LogP contribution is 2.11. The third-order valence-electron chi connectivity index (χ3n) is 3.60. The van der Waals surface area contributed by atoms with Gasteiger partial charge in [0.2, 0.25) is 0 Å². The first-order valence-corrected chi connectivity index (χ1v) is 7.13. The molecule has 0 aromatic rings. The Balaban J connectivity index is 3.89. The molecule has 0 bridgehead atoms. The largest absolute Gasteiger partial charge is 0.383 e. The maximum atomic E-state index is 5.03. The zero-order chi connectivity index (χ0) is 13.1. The van der Waals surface area contributed by atoms with E-state index in [-0.39, 0.29) is 0 Å². The summed E-state index contributed by atoms with van der Waals surface area (Å²) in [4.78, 5) is 2.58. The number of nitrogens with zero attached hydrogens (tertiary/aromatic N) is 1. The van der Waals surface area contributed by atoms with Crippen molar-refractivity contribution in [1.82, 2.24) is 10.2 Å². The summed E-state index contributed by atoms with van der Waals surface area (Å²) in [5.41, 5.74) is 0. The summed E-state index contributed by atoms with van der Waals surface area (Å²) in [6.45, 7) is 14.3. The van der Waals surface area contributed by atoms with Crippen LogP contribution in [0.2, 0.25) is 0 Å². The predicted molar refractivity (Wildman–Crippen MR) is 75.5 cm³/mol. The molecule has 0 aromatic carbocycles. The van der Waals surface area contributed by atoms with Crippen LogP contribution in [0.25, 0.3) is 0 Å². The van der Waals surface area contributed by atoms with Gasteiger partial charge >= 0.3 is 0 Å². The van der Waals surface area contributed by atoms with Crippen molar-refractivity contribution in [1.29, 1.82) is 0 Å². The first-order valence-electron chi connectivity index (χ1n) is 7.13. The number of nitrogens with one attached hydrogen (secondary N) is 1. The minimum atomic E-state index is 0.609. The van der Waals surface area contributed by atoms with E-state index < -0.39 is 0 Å². The molecule has 3 nitrogen and oxygen atoms in total. The molecule has 0 fully saturated rings. The normalized spacial score (nSPS) is 13.6. The topological polar surface area (TPSA) is 24.5 Å². The molecular weight excluding hydrogens is 212 g/mol. The van der Waals surface area contributed by atoms with Gasteiger partial charge in [-0.2, -0.15) is 0 Å². The Morgan fingerprint density at radius 3 is 2.29 bits per heavy atom. The van der Waals surface area contributed by atoms with Gasteiger partial charge < -0.3 is 10.1 Å². The fourth-order valence-electron chi connectivity index (χ4n) is 2.11. The van der Waals surface area contributed by atoms with Crippen LogP contribution in [0, 0.1) is 5.92 Å². The minimum absolute atomic E-state index is 0.609. The molecule has 0 aliphatic rings. The van der Waals surface area contributed by atoms with Crippen LogP contribution < -0.4 is 5.32 Å². The van der Waals surface area contributed by atoms with Crippen molar-refractivity contribution < 1.29 is 4.74 Å². The molecule has 0 radical (unpaired) electrons. The summed E-state index contributed by atoms with van der Waals surface area (Å²) in [5.74, 6) is 0.844. The Labute approximate surface area is 108 Å². The summed E-state index contributed by atoms with van der Waals surface area (Å²) in [5, 5.41) is 3.44. The molecule has 0 aromatic heterocycles. The van der Waals surface area contributed by atoms with Crippen LogP contribution in [0.15, 0.2) is 0 Å². The summed E-state index contributed by atoms with van der Waals surface area (Å²) >= 11 is 0. The van der Waals surface area contributed by atoms with Crippen molar-refractivity contribution in [2.45, 2.75) is 46.6 Å². The van der Waals surface area contributed by atoms with E-state index in [1.807, 2.05) is 0 Å². The Morgan fingerprint density at radius 2 is 1.82 bits per heavy atom. The summed E-state index contributed by atoms with van der Waals surface area (Å²) in [7, 11) is 1.75. The highest BCUT2D eigenvalue weighted by atomic mass is 16.5. The lowest BCUT2D eigenvalue weighted by molar-refractivity contribution is 0.167. The van der Waals surface area contributed by atoms with E-state index in [0.717, 1.165) is 32.2 Å². The average Bonchev–Trinajstić information content (AvgIpc) is 2.36. The number of hydrogen-bond donors (Lipinski definition) is 1. The summed E-state index contributed by atoms with van der Waals surface area (Å²) in [6.07, 6.45) is 2.58. The van der Waals surface area contributed by atoms with E-state index in [2.05, 4.69) is 37.9 Å². The molecule has 17 heavy (non-hydrogen) atoms. The second-order valence-corrected chi connectivity index (χ2v) is 4.82. The molecule has 104 valence electrons. The molecule has 1 unspecified atom stereocenters. The van der Waals surface area contributed by atoms with Crippen LogP contribution >= 0.6 is 0 Å². The van der Waals surface area contributed by atoms with Gasteiger partial charge in [-0.1, -0.05) is 33.6 Å². The van der Waals surface area contributed by atoms with Gasteiger partial charge in [0, 0.05) is 32.8 Å². The molecule has 1 atom stereocenters. The van der Waals surface area contributed by atoms with Crippen LogP contribution in [-0.2, 0) is 4.74 Å². The van der Waals surface area contributed by atoms with Crippen LogP contribution in [0.4, 0.5) is 0 Å². The van der Waals surface area contributed by atoms with Gasteiger partial charge in [0.1, 0.15) is 0 Å². The van der Waals surface area contributed by atoms with Crippen molar-refractivity contribution in [2.75, 3.05) is 39.9 Å². The van der Waals surface area contributed by atoms with Crippen LogP contribution in [-0.4, -0.2) is 50.8 Å². The third kappa shape index (κ3) is 7.74. The first-order chi connectivity index (χ1) is 8.19. The summed E-state index contributed by atoms with van der Waals surface area (Å²) < 4.78 is 5.03. The average molecular weight is 244 g/mol. The lowest BCUT2D eigenvalue weighted by Gasteiger charge is -2.31. The Hall–Kier alpha value is -0.120. The molecule has 0 aliphatic heterocycles. The highest BCUT2D eigenvalue weighted by molar-refractivity contribution is 4.71. The zero-order valence-electron chi connectivity index (χ0n) is 12.5. The van der Waals surface area contributed by atoms with E-state index in [4.69, 9.17) is 4.74 Å². The van der Waals surface area contributed by atoms with Crippen LogP contribution in [0.1, 0.15) is 40.5 Å². The molecule has 0 amide bonds. The molecule has 0 saturated carbocycles. The number of likely N-dealkylation sites (N-methyl/N-ethyl adjacent to an activating group) is 1. The standard InChI is InChI=1S/C14H32N2O/c1-6-14(7-2)12-16(8-3)13(4)11-15-9-10-17-5/h13-15H,6-12H2,1-5H3. The second-order valence-electron chi connectivity index (χ2n) is 4.82. The lowest BCUT2D eigenvalue weighted by Crippen LogP contribution is -2.43. The molecular formula is C14H32N2O. The smallest absolute Gasteiger partial charge is 0.0587 e. The van der Waals surface area contributed by atoms with Gasteiger partial charge in [-0.15, -0.1) is 0 Å². The molecule has 0 rings (SSSR count). The van der Waals surface area contributed by atoms with E-state index in [1.54, 1.807) is 7.11 Å². The number of ether oxygens (including phenoxy) is 1. The third-order valence-corrected chi connectivity index (χ3v) is 3.60. The maximum absolute atomic E-state index is 5.03. The summed E-state index contributed by atoms with van der Waals surface area (Å²) in [6, 6.07) is 0.609. The van der Waals surface area contributed by atoms with Gasteiger partial charge in [0.25, 0.3) is 0 Å². The minimum Gasteiger partial charge on any atom is -0.383 e. The fraction of sp³-hybridized carbons (Fsp3) is 1.00. The van der Waals surface area contributed by atoms with E-state index in [9.17, 15) is 0 Å². The molecule has 0 saturated heterocycles. The van der Waals surface area contributed by atoms with E-state index in [1.165, 1.54) is 19.4 Å². The molecule has 0 spiro atoms. The maximum Gasteiger partial charge on any atom is 0.0587 e. The van der Waals surface area contributed by atoms with Gasteiger partial charge in [-0.05, 0) is 19.4 Å². The van der Waals surface area contributed by atoms with Crippen molar-refractivity contribution in [2.24, 2.45) is 5.92 Å². The van der Waals surface area contributed by atoms with E-state index in [0.29, 0.717) is 6.04 Å². The molecule has 0 aliphatic carbocycles. The van der Waals surface area contributed by atoms with Gasteiger partial charge in [0.15, 0.2) is 0 Å².